The molecule has 0 unspecified atom stereocenters. The quantitative estimate of drug-likeness (QED) is 0.386. The smallest absolute Gasteiger partial charge is 0.336 e. The van der Waals surface area contributed by atoms with Crippen LogP contribution in [0.3, 0.4) is 0 Å². The SMILES string of the molecule is C=C(C)c1ccc(Nc2c3c(=O)n(C4CC4)c(=O)n(-c4cccc(NC(C)=O)c4)c3c(C)c(=O)n2C)c(F)c1. The fourth-order valence-electron chi connectivity index (χ4n) is 4.79. The Balaban J connectivity index is 1.87. The standard InChI is InChI=1S/C29H28FN5O4/c1-15(2)18-9-12-23(22(30)13-18)32-26-24-25(16(3)27(37)33(26)5)34(29(39)35(28(24)38)20-10-11-20)21-8-6-7-19(14-21)31-17(4)36/h6-9,12-14,20,32H,1,10-11H2,2-5H3,(H,31,36). The van der Waals surface area contributed by atoms with E-state index in [4.69, 9.17) is 0 Å². The van der Waals surface area contributed by atoms with E-state index in [9.17, 15) is 19.2 Å². The van der Waals surface area contributed by atoms with Gasteiger partial charge in [-0.3, -0.25) is 28.1 Å². The van der Waals surface area contributed by atoms with Gasteiger partial charge >= 0.3 is 5.69 Å². The van der Waals surface area contributed by atoms with Crippen LogP contribution in [0.1, 0.15) is 43.9 Å². The molecule has 0 saturated heterocycles. The maximum atomic E-state index is 15.1. The maximum absolute atomic E-state index is 15.1. The fraction of sp³-hybridized carbons (Fsp3) is 0.241. The number of rotatable bonds is 6. The second-order valence-corrected chi connectivity index (χ2v) is 9.92. The fourth-order valence-corrected chi connectivity index (χ4v) is 4.79. The highest BCUT2D eigenvalue weighted by Crippen LogP contribution is 2.34. The van der Waals surface area contributed by atoms with Crippen LogP contribution < -0.4 is 27.4 Å². The first-order chi connectivity index (χ1) is 18.5. The second-order valence-electron chi connectivity index (χ2n) is 9.92. The molecule has 0 aliphatic heterocycles. The van der Waals surface area contributed by atoms with E-state index in [0.29, 0.717) is 35.4 Å². The van der Waals surface area contributed by atoms with Crippen molar-refractivity contribution in [3.05, 3.63) is 97.2 Å². The highest BCUT2D eigenvalue weighted by Gasteiger charge is 2.31. The Hall–Kier alpha value is -4.73. The molecule has 1 fully saturated rings. The van der Waals surface area contributed by atoms with Crippen LogP contribution in [0.4, 0.5) is 21.6 Å². The van der Waals surface area contributed by atoms with E-state index >= 15 is 4.39 Å². The van der Waals surface area contributed by atoms with Gasteiger partial charge in [0, 0.05) is 31.3 Å². The Kier molecular flexibility index (Phi) is 6.33. The Morgan fingerprint density at radius 1 is 1.05 bits per heavy atom. The molecular formula is C29H28FN5O4. The number of benzene rings is 2. The average Bonchev–Trinajstić information content (AvgIpc) is 3.71. The lowest BCUT2D eigenvalue weighted by Crippen LogP contribution is -2.41. The number of fused-ring (bicyclic) bond motifs is 1. The number of carbonyl (C=O) groups excluding carboxylic acids is 1. The number of hydrogen-bond donors (Lipinski definition) is 2. The number of allylic oxidation sites excluding steroid dienone is 1. The van der Waals surface area contributed by atoms with Crippen molar-refractivity contribution in [2.75, 3.05) is 10.6 Å². The summed E-state index contributed by atoms with van der Waals surface area (Å²) < 4.78 is 18.9. The summed E-state index contributed by atoms with van der Waals surface area (Å²) in [5, 5.41) is 5.72. The summed E-state index contributed by atoms with van der Waals surface area (Å²) in [5.74, 6) is -0.812. The summed E-state index contributed by atoms with van der Waals surface area (Å²) in [6.45, 7) is 8.52. The lowest BCUT2D eigenvalue weighted by Gasteiger charge is -2.21. The summed E-state index contributed by atoms with van der Waals surface area (Å²) in [7, 11) is 1.49. The summed E-state index contributed by atoms with van der Waals surface area (Å²) in [4.78, 5) is 52.8. The van der Waals surface area contributed by atoms with Gasteiger partial charge in [-0.2, -0.15) is 0 Å². The highest BCUT2D eigenvalue weighted by molar-refractivity contribution is 5.94. The summed E-state index contributed by atoms with van der Waals surface area (Å²) >= 11 is 0. The average molecular weight is 530 g/mol. The maximum Gasteiger partial charge on any atom is 0.336 e. The number of halogens is 1. The van der Waals surface area contributed by atoms with Crippen LogP contribution >= 0.6 is 0 Å². The highest BCUT2D eigenvalue weighted by atomic mass is 19.1. The van der Waals surface area contributed by atoms with Crippen LogP contribution in [-0.4, -0.2) is 19.6 Å². The van der Waals surface area contributed by atoms with Crippen molar-refractivity contribution in [2.24, 2.45) is 7.05 Å². The minimum Gasteiger partial charge on any atom is -0.338 e. The first-order valence-corrected chi connectivity index (χ1v) is 12.5. The topological polar surface area (TPSA) is 107 Å². The molecule has 39 heavy (non-hydrogen) atoms. The number of hydrogen-bond acceptors (Lipinski definition) is 5. The van der Waals surface area contributed by atoms with Gasteiger partial charge in [0.25, 0.3) is 11.1 Å². The molecule has 0 bridgehead atoms. The van der Waals surface area contributed by atoms with Crippen LogP contribution in [0.2, 0.25) is 0 Å². The first kappa shape index (κ1) is 25.9. The van der Waals surface area contributed by atoms with E-state index in [2.05, 4.69) is 17.2 Å². The first-order valence-electron chi connectivity index (χ1n) is 12.5. The van der Waals surface area contributed by atoms with Gasteiger partial charge in [0.2, 0.25) is 5.91 Å². The van der Waals surface area contributed by atoms with Crippen LogP contribution in [0.25, 0.3) is 22.2 Å². The molecule has 2 N–H and O–H groups in total. The Bertz CT molecular complexity index is 1880. The number of carbonyl (C=O) groups is 1. The van der Waals surface area contributed by atoms with Crippen molar-refractivity contribution >= 4 is 39.6 Å². The molecule has 5 rings (SSSR count). The molecule has 1 saturated carbocycles. The molecule has 0 spiro atoms. The summed E-state index contributed by atoms with van der Waals surface area (Å²) in [6, 6.07) is 10.8. The zero-order valence-electron chi connectivity index (χ0n) is 22.1. The van der Waals surface area contributed by atoms with E-state index in [1.54, 1.807) is 44.2 Å². The molecule has 1 aliphatic rings. The van der Waals surface area contributed by atoms with Gasteiger partial charge in [0.15, 0.2) is 0 Å². The van der Waals surface area contributed by atoms with Gasteiger partial charge < -0.3 is 10.6 Å². The van der Waals surface area contributed by atoms with Crippen molar-refractivity contribution in [3.63, 3.8) is 0 Å². The van der Waals surface area contributed by atoms with Crippen molar-refractivity contribution in [1.29, 1.82) is 0 Å². The third kappa shape index (κ3) is 4.47. The number of pyridine rings is 1. The van der Waals surface area contributed by atoms with Gasteiger partial charge in [-0.05, 0) is 62.6 Å². The molecule has 2 aromatic carbocycles. The third-order valence-corrected chi connectivity index (χ3v) is 6.89. The zero-order chi connectivity index (χ0) is 28.2. The molecule has 10 heteroatoms. The van der Waals surface area contributed by atoms with Crippen LogP contribution in [0.15, 0.2) is 63.4 Å². The van der Waals surface area contributed by atoms with Crippen molar-refractivity contribution < 1.29 is 9.18 Å². The molecule has 4 aromatic rings. The Labute approximate surface area is 222 Å². The molecule has 2 heterocycles. The Morgan fingerprint density at radius 2 is 1.77 bits per heavy atom. The third-order valence-electron chi connectivity index (χ3n) is 6.89. The second kappa shape index (κ2) is 9.54. The minimum atomic E-state index is -0.589. The molecule has 0 radical (unpaired) electrons. The summed E-state index contributed by atoms with van der Waals surface area (Å²) in [6.07, 6.45) is 1.33. The number of aromatic nitrogens is 3. The molecule has 1 amide bonds. The van der Waals surface area contributed by atoms with Crippen LogP contribution in [-0.2, 0) is 11.8 Å². The van der Waals surface area contributed by atoms with E-state index in [0.717, 1.165) is 0 Å². The van der Waals surface area contributed by atoms with Crippen LogP contribution in [0, 0.1) is 12.7 Å². The van der Waals surface area contributed by atoms with Crippen LogP contribution in [0.5, 0.6) is 0 Å². The van der Waals surface area contributed by atoms with Crippen molar-refractivity contribution in [3.8, 4) is 5.69 Å². The number of nitrogens with zero attached hydrogens (tertiary/aromatic N) is 3. The molecule has 0 atom stereocenters. The lowest BCUT2D eigenvalue weighted by atomic mass is 10.1. The number of amides is 1. The predicted octanol–water partition coefficient (Wildman–Crippen LogP) is 4.37. The normalized spacial score (nSPS) is 12.9. The minimum absolute atomic E-state index is 0.0583. The number of aryl methyl sites for hydroxylation is 1. The number of anilines is 3. The van der Waals surface area contributed by atoms with E-state index < -0.39 is 22.6 Å². The molecule has 200 valence electrons. The molecular weight excluding hydrogens is 501 g/mol. The van der Waals surface area contributed by atoms with Gasteiger partial charge in [-0.1, -0.05) is 24.3 Å². The Morgan fingerprint density at radius 3 is 2.38 bits per heavy atom. The predicted molar refractivity (Wildman–Crippen MR) is 151 cm³/mol. The van der Waals surface area contributed by atoms with Gasteiger partial charge in [-0.15, -0.1) is 0 Å². The van der Waals surface area contributed by atoms with Gasteiger partial charge in [0.05, 0.1) is 16.9 Å². The van der Waals surface area contributed by atoms with Crippen molar-refractivity contribution in [1.82, 2.24) is 13.7 Å². The molecule has 2 aromatic heterocycles. The zero-order valence-corrected chi connectivity index (χ0v) is 22.1. The lowest BCUT2D eigenvalue weighted by molar-refractivity contribution is -0.114. The van der Waals surface area contributed by atoms with Gasteiger partial charge in [0.1, 0.15) is 17.0 Å². The van der Waals surface area contributed by atoms with E-state index in [-0.39, 0.29) is 39.9 Å². The van der Waals surface area contributed by atoms with E-state index in [1.165, 1.54) is 39.8 Å². The summed E-state index contributed by atoms with van der Waals surface area (Å²) in [5.41, 5.74) is 0.859. The monoisotopic (exact) mass is 529 g/mol. The largest absolute Gasteiger partial charge is 0.338 e. The number of nitrogens with one attached hydrogen (secondary N) is 2. The van der Waals surface area contributed by atoms with E-state index in [1.807, 2.05) is 0 Å². The molecule has 9 nitrogen and oxygen atoms in total. The van der Waals surface area contributed by atoms with Gasteiger partial charge in [-0.25, -0.2) is 9.18 Å². The molecule has 1 aliphatic carbocycles. The van der Waals surface area contributed by atoms with Crippen molar-refractivity contribution in [2.45, 2.75) is 39.7 Å².